The van der Waals surface area contributed by atoms with E-state index in [1.165, 1.54) is 0 Å². The van der Waals surface area contributed by atoms with Gasteiger partial charge < -0.3 is 11.5 Å². The Morgan fingerprint density at radius 2 is 2.00 bits per heavy atom. The van der Waals surface area contributed by atoms with Gasteiger partial charge in [-0.2, -0.15) is 0 Å². The molecular weight excluding hydrogens is 140 g/mol. The Labute approximate surface area is 65.6 Å². The van der Waals surface area contributed by atoms with Crippen molar-refractivity contribution in [1.29, 1.82) is 0 Å². The fraction of sp³-hybridized carbons (Fsp3) is 0.429. The van der Waals surface area contributed by atoms with Gasteiger partial charge in [0.1, 0.15) is 5.82 Å². The average molecular weight is 152 g/mol. The summed E-state index contributed by atoms with van der Waals surface area (Å²) in [5, 5.41) is 0. The van der Waals surface area contributed by atoms with Crippen LogP contribution in [-0.2, 0) is 6.42 Å². The highest BCUT2D eigenvalue weighted by atomic mass is 14.9. The molecule has 0 aromatic carbocycles. The summed E-state index contributed by atoms with van der Waals surface area (Å²) in [4.78, 5) is 7.98. The van der Waals surface area contributed by atoms with Crippen molar-refractivity contribution in [2.75, 3.05) is 12.3 Å². The number of anilines is 1. The third-order valence-electron chi connectivity index (χ3n) is 1.42. The molecule has 0 fully saturated rings. The van der Waals surface area contributed by atoms with Crippen molar-refractivity contribution in [1.82, 2.24) is 9.97 Å². The zero-order valence-corrected chi connectivity index (χ0v) is 6.33. The maximum Gasteiger partial charge on any atom is 0.145 e. The molecule has 4 nitrogen and oxygen atoms in total. The second kappa shape index (κ2) is 3.88. The van der Waals surface area contributed by atoms with Crippen molar-refractivity contribution >= 4 is 5.82 Å². The zero-order valence-electron chi connectivity index (χ0n) is 6.33. The summed E-state index contributed by atoms with van der Waals surface area (Å²) in [6, 6.07) is 0. The first-order valence-corrected chi connectivity index (χ1v) is 3.60. The second-order valence-electron chi connectivity index (χ2n) is 2.28. The normalized spacial score (nSPS) is 9.91. The second-order valence-corrected chi connectivity index (χ2v) is 2.28. The summed E-state index contributed by atoms with van der Waals surface area (Å²) in [5.41, 5.74) is 11.7. The predicted molar refractivity (Wildman–Crippen MR) is 43.8 cm³/mol. The Morgan fingerprint density at radius 3 is 2.64 bits per heavy atom. The van der Waals surface area contributed by atoms with Gasteiger partial charge in [0.2, 0.25) is 0 Å². The topological polar surface area (TPSA) is 77.8 Å². The van der Waals surface area contributed by atoms with E-state index in [1.807, 2.05) is 0 Å². The van der Waals surface area contributed by atoms with Gasteiger partial charge in [-0.25, -0.2) is 4.98 Å². The molecule has 0 saturated heterocycles. The number of rotatable bonds is 3. The van der Waals surface area contributed by atoms with Gasteiger partial charge >= 0.3 is 0 Å². The number of hydrogen-bond donors (Lipinski definition) is 2. The summed E-state index contributed by atoms with van der Waals surface area (Å²) < 4.78 is 0. The van der Waals surface area contributed by atoms with Gasteiger partial charge in [-0.1, -0.05) is 0 Å². The van der Waals surface area contributed by atoms with Crippen molar-refractivity contribution in [2.24, 2.45) is 5.73 Å². The van der Waals surface area contributed by atoms with E-state index in [0.29, 0.717) is 12.4 Å². The SMILES string of the molecule is NCCCc1nccnc1N. The van der Waals surface area contributed by atoms with Crippen LogP contribution in [0.25, 0.3) is 0 Å². The van der Waals surface area contributed by atoms with Crippen LogP contribution < -0.4 is 11.5 Å². The predicted octanol–water partition coefficient (Wildman–Crippen LogP) is -0.0499. The minimum Gasteiger partial charge on any atom is -0.382 e. The van der Waals surface area contributed by atoms with Crippen LogP contribution in [0.5, 0.6) is 0 Å². The van der Waals surface area contributed by atoms with E-state index in [9.17, 15) is 0 Å². The molecule has 1 rings (SSSR count). The van der Waals surface area contributed by atoms with Crippen molar-refractivity contribution in [3.63, 3.8) is 0 Å². The van der Waals surface area contributed by atoms with Crippen LogP contribution >= 0.6 is 0 Å². The van der Waals surface area contributed by atoms with Gasteiger partial charge in [-0.3, -0.25) is 4.98 Å². The maximum atomic E-state index is 5.55. The first-order valence-electron chi connectivity index (χ1n) is 3.60. The van der Waals surface area contributed by atoms with Gasteiger partial charge in [0.15, 0.2) is 0 Å². The van der Waals surface area contributed by atoms with Crippen molar-refractivity contribution in [3.8, 4) is 0 Å². The molecule has 0 aliphatic carbocycles. The van der Waals surface area contributed by atoms with E-state index in [-0.39, 0.29) is 0 Å². The molecule has 0 atom stereocenters. The van der Waals surface area contributed by atoms with Gasteiger partial charge in [-0.15, -0.1) is 0 Å². The third kappa shape index (κ3) is 2.16. The standard InChI is InChI=1S/C7H12N4/c8-3-1-2-6-7(9)11-5-4-10-6/h4-5H,1-3,8H2,(H2,9,11). The van der Waals surface area contributed by atoms with E-state index in [1.54, 1.807) is 12.4 Å². The maximum absolute atomic E-state index is 5.55. The van der Waals surface area contributed by atoms with Crippen LogP contribution in [0.3, 0.4) is 0 Å². The van der Waals surface area contributed by atoms with Crippen LogP contribution in [0.4, 0.5) is 5.82 Å². The molecular formula is C7H12N4. The highest BCUT2D eigenvalue weighted by Gasteiger charge is 1.98. The molecule has 1 heterocycles. The van der Waals surface area contributed by atoms with Crippen LogP contribution in [0.15, 0.2) is 12.4 Å². The molecule has 0 spiro atoms. The van der Waals surface area contributed by atoms with Crippen molar-refractivity contribution in [3.05, 3.63) is 18.1 Å². The number of aromatic nitrogens is 2. The van der Waals surface area contributed by atoms with E-state index in [4.69, 9.17) is 11.5 Å². The number of nitrogen functional groups attached to an aromatic ring is 1. The molecule has 4 heteroatoms. The molecule has 60 valence electrons. The molecule has 0 bridgehead atoms. The summed E-state index contributed by atoms with van der Waals surface area (Å²) in [5.74, 6) is 0.515. The first-order chi connectivity index (χ1) is 5.34. The lowest BCUT2D eigenvalue weighted by Crippen LogP contribution is -2.04. The minimum atomic E-state index is 0.515. The quantitative estimate of drug-likeness (QED) is 0.636. The Bertz CT molecular complexity index is 223. The Hall–Kier alpha value is -1.16. The third-order valence-corrected chi connectivity index (χ3v) is 1.42. The highest BCUT2D eigenvalue weighted by molar-refractivity contribution is 5.32. The van der Waals surface area contributed by atoms with E-state index >= 15 is 0 Å². The Kier molecular flexibility index (Phi) is 2.80. The van der Waals surface area contributed by atoms with Gasteiger partial charge in [0.25, 0.3) is 0 Å². The Balaban J connectivity index is 2.62. The van der Waals surface area contributed by atoms with Gasteiger partial charge in [-0.05, 0) is 19.4 Å². The van der Waals surface area contributed by atoms with Crippen LogP contribution in [0, 0.1) is 0 Å². The molecule has 0 aliphatic heterocycles. The van der Waals surface area contributed by atoms with E-state index in [2.05, 4.69) is 9.97 Å². The Morgan fingerprint density at radius 1 is 1.27 bits per heavy atom. The monoisotopic (exact) mass is 152 g/mol. The minimum absolute atomic E-state index is 0.515. The molecule has 4 N–H and O–H groups in total. The summed E-state index contributed by atoms with van der Waals surface area (Å²) in [6.07, 6.45) is 4.95. The van der Waals surface area contributed by atoms with Crippen LogP contribution in [0.2, 0.25) is 0 Å². The summed E-state index contributed by atoms with van der Waals surface area (Å²) >= 11 is 0. The molecule has 11 heavy (non-hydrogen) atoms. The lowest BCUT2D eigenvalue weighted by Gasteiger charge is -2.00. The smallest absolute Gasteiger partial charge is 0.145 e. The molecule has 0 saturated carbocycles. The van der Waals surface area contributed by atoms with Crippen LogP contribution in [0.1, 0.15) is 12.1 Å². The number of aryl methyl sites for hydroxylation is 1. The molecule has 0 amide bonds. The van der Waals surface area contributed by atoms with Gasteiger partial charge in [0, 0.05) is 12.4 Å². The van der Waals surface area contributed by atoms with Crippen LogP contribution in [-0.4, -0.2) is 16.5 Å². The van der Waals surface area contributed by atoms with E-state index in [0.717, 1.165) is 18.5 Å². The van der Waals surface area contributed by atoms with E-state index < -0.39 is 0 Å². The average Bonchev–Trinajstić information content (AvgIpc) is 2.03. The zero-order chi connectivity index (χ0) is 8.10. The number of nitrogens with zero attached hydrogens (tertiary/aromatic N) is 2. The van der Waals surface area contributed by atoms with Crippen molar-refractivity contribution < 1.29 is 0 Å². The lowest BCUT2D eigenvalue weighted by atomic mass is 10.2. The summed E-state index contributed by atoms with van der Waals surface area (Å²) in [7, 11) is 0. The number of hydrogen-bond acceptors (Lipinski definition) is 4. The molecule has 0 radical (unpaired) electrons. The lowest BCUT2D eigenvalue weighted by molar-refractivity contribution is 0.807. The number of nitrogens with two attached hydrogens (primary N) is 2. The molecule has 0 unspecified atom stereocenters. The molecule has 1 aromatic heterocycles. The highest BCUT2D eigenvalue weighted by Crippen LogP contribution is 2.04. The molecule has 1 aromatic rings. The fourth-order valence-electron chi connectivity index (χ4n) is 0.840. The summed E-state index contributed by atoms with van der Waals surface area (Å²) in [6.45, 7) is 0.663. The van der Waals surface area contributed by atoms with Crippen molar-refractivity contribution in [2.45, 2.75) is 12.8 Å². The van der Waals surface area contributed by atoms with Gasteiger partial charge in [0.05, 0.1) is 5.69 Å². The fourth-order valence-corrected chi connectivity index (χ4v) is 0.840. The molecule has 0 aliphatic rings. The largest absolute Gasteiger partial charge is 0.382 e. The first kappa shape index (κ1) is 7.94.